The number of carbonyl (C=O) groups excluding carboxylic acids is 3. The van der Waals surface area contributed by atoms with Crippen LogP contribution >= 0.6 is 0 Å². The number of methoxy groups -OCH3 is 1. The summed E-state index contributed by atoms with van der Waals surface area (Å²) in [5.74, 6) is -1.84. The molecule has 6 rings (SSSR count). The molecule has 0 aromatic heterocycles. The van der Waals surface area contributed by atoms with Crippen molar-refractivity contribution in [3.63, 3.8) is 0 Å². The number of aliphatic hydroxyl groups is 1. The maximum atomic E-state index is 14.4. The van der Waals surface area contributed by atoms with Crippen molar-refractivity contribution in [2.45, 2.75) is 60.8 Å². The molecule has 0 unspecified atom stereocenters. The normalized spacial score (nSPS) is 26.8. The van der Waals surface area contributed by atoms with Crippen LogP contribution in [0.1, 0.15) is 60.8 Å². The van der Waals surface area contributed by atoms with Crippen molar-refractivity contribution in [2.24, 2.45) is 32.2 Å². The monoisotopic (exact) mass is 648 g/mol. The topological polar surface area (TPSA) is 139 Å². The van der Waals surface area contributed by atoms with E-state index in [2.05, 4.69) is 18.8 Å². The molecule has 0 radical (unpaired) electrons. The Balaban J connectivity index is 1.68. The molecule has 10 nitrogen and oxygen atoms in total. The van der Waals surface area contributed by atoms with Gasteiger partial charge >= 0.3 is 11.9 Å². The number of ketones is 1. The van der Waals surface area contributed by atoms with Gasteiger partial charge in [-0.2, -0.15) is 0 Å². The number of ether oxygens (including phenoxy) is 2. The molecule has 0 amide bonds. The Morgan fingerprint density at radius 3 is 2.48 bits per heavy atom. The zero-order valence-corrected chi connectivity index (χ0v) is 28.4. The Kier molecular flexibility index (Phi) is 8.31. The summed E-state index contributed by atoms with van der Waals surface area (Å²) >= 11 is 0. The number of esters is 2. The second kappa shape index (κ2) is 12.2. The summed E-state index contributed by atoms with van der Waals surface area (Å²) in [6, 6.07) is 0. The lowest BCUT2D eigenvalue weighted by Crippen LogP contribution is -2.37. The van der Waals surface area contributed by atoms with E-state index in [1.165, 1.54) is 7.11 Å². The summed E-state index contributed by atoms with van der Waals surface area (Å²) in [6.07, 6.45) is 9.61. The molecule has 48 heavy (non-hydrogen) atoms. The van der Waals surface area contributed by atoms with Gasteiger partial charge in [-0.25, -0.2) is 15.0 Å². The number of Topliss-reactive ketones (excluding diaryl/α,β-unsaturated/α-hetero) is 1. The zero-order valence-electron chi connectivity index (χ0n) is 28.4. The van der Waals surface area contributed by atoms with E-state index in [-0.39, 0.29) is 30.8 Å². The molecule has 248 valence electrons. The predicted molar refractivity (Wildman–Crippen MR) is 184 cm³/mol. The number of rotatable bonds is 7. The molecule has 1 saturated carbocycles. The van der Waals surface area contributed by atoms with Crippen molar-refractivity contribution < 1.29 is 29.0 Å². The predicted octanol–water partition coefficient (Wildman–Crippen LogP) is 6.16. The van der Waals surface area contributed by atoms with Crippen LogP contribution in [-0.2, 0) is 23.9 Å². The van der Waals surface area contributed by atoms with Crippen molar-refractivity contribution in [1.29, 1.82) is 0 Å². The van der Waals surface area contributed by atoms with E-state index < -0.39 is 17.2 Å². The minimum atomic E-state index is -1.67. The molecule has 10 heteroatoms. The molecular formula is C38H40N4O6. The van der Waals surface area contributed by atoms with Gasteiger partial charge in [0.2, 0.25) is 0 Å². The molecule has 1 aliphatic carbocycles. The highest BCUT2D eigenvalue weighted by molar-refractivity contribution is 6.44. The maximum absolute atomic E-state index is 14.4. The summed E-state index contributed by atoms with van der Waals surface area (Å²) in [5, 5.41) is 13.9. The van der Waals surface area contributed by atoms with Gasteiger partial charge in [0.05, 0.1) is 59.8 Å². The van der Waals surface area contributed by atoms with Crippen LogP contribution in [0.2, 0.25) is 0 Å². The Morgan fingerprint density at radius 1 is 1.08 bits per heavy atom. The number of aliphatic hydroxyl groups excluding tert-OH is 1. The van der Waals surface area contributed by atoms with Crippen LogP contribution in [0, 0.1) is 17.3 Å². The van der Waals surface area contributed by atoms with Gasteiger partial charge in [-0.1, -0.05) is 26.5 Å². The first kappa shape index (κ1) is 32.8. The Bertz CT molecular complexity index is 1950. The molecule has 2 fully saturated rings. The molecular weight excluding hydrogens is 608 g/mol. The number of allylic oxidation sites excluding steroid dienone is 11. The Hall–Kier alpha value is -5.12. The average Bonchev–Trinajstić information content (AvgIpc) is 3.80. The highest BCUT2D eigenvalue weighted by Gasteiger charge is 2.60. The third kappa shape index (κ3) is 4.76. The van der Waals surface area contributed by atoms with Gasteiger partial charge in [0.1, 0.15) is 0 Å². The molecule has 5 heterocycles. The van der Waals surface area contributed by atoms with Gasteiger partial charge in [0.15, 0.2) is 11.2 Å². The van der Waals surface area contributed by atoms with E-state index in [0.29, 0.717) is 75.1 Å². The van der Waals surface area contributed by atoms with E-state index in [9.17, 15) is 19.5 Å². The molecule has 0 aromatic carbocycles. The minimum Gasteiger partial charge on any atom is -0.515 e. The molecule has 2 N–H and O–H groups in total. The first-order valence-electron chi connectivity index (χ1n) is 16.3. The summed E-state index contributed by atoms with van der Waals surface area (Å²) in [7, 11) is 1.27. The quantitative estimate of drug-likeness (QED) is 0.192. The SMILES string of the molecule is C=CC1=C(C)C2=NC1=CC1=NC(=C(CC)/C1=C\O)C=C1N=C3C(=C1C)C(=O)[C@](C)(C(=O)OC)C3=C1NC(=C2)[C@@H](C)[C@@H]1CCC(=O)OCC. The standard InChI is InChI=1S/C38H40N4O6/c1-9-21-18(4)25-14-26-19(5)23(12-13-31(44)48-11-3)34(41-26)33-35-32(36(45)38(33,7)37(46)47-8)20(6)27(42-35)15-29-22(10-2)24(17-43)30(40-29)16-28(21)39-25/h9,14-17,19,23,41,43H,1,10-13H2,2-8H3/b24-17+,26-14?,27-15?,28-16?,34-33?/t19-,23-,38+/m0/s1. The highest BCUT2D eigenvalue weighted by Crippen LogP contribution is 2.52. The summed E-state index contributed by atoms with van der Waals surface area (Å²) < 4.78 is 10.5. The van der Waals surface area contributed by atoms with Gasteiger partial charge in [-0.05, 0) is 75.5 Å². The second-order valence-electron chi connectivity index (χ2n) is 12.7. The van der Waals surface area contributed by atoms with E-state index in [1.807, 2.05) is 39.0 Å². The van der Waals surface area contributed by atoms with Crippen LogP contribution in [-0.4, -0.2) is 53.7 Å². The van der Waals surface area contributed by atoms with Crippen LogP contribution < -0.4 is 5.32 Å². The molecule has 6 aliphatic rings. The third-order valence-electron chi connectivity index (χ3n) is 10.2. The highest BCUT2D eigenvalue weighted by atomic mass is 16.5. The van der Waals surface area contributed by atoms with Crippen LogP contribution in [0.3, 0.4) is 0 Å². The number of hydrogen-bond donors (Lipinski definition) is 2. The molecule has 1 saturated heterocycles. The lowest BCUT2D eigenvalue weighted by atomic mass is 9.78. The number of nitrogens with zero attached hydrogens (tertiary/aromatic N) is 3. The number of fused-ring (bicyclic) bond motifs is 5. The zero-order chi connectivity index (χ0) is 34.7. The first-order valence-corrected chi connectivity index (χ1v) is 16.3. The molecule has 3 atom stereocenters. The van der Waals surface area contributed by atoms with Gasteiger partial charge in [-0.3, -0.25) is 14.4 Å². The summed E-state index contributed by atoms with van der Waals surface area (Å²) in [4.78, 5) is 55.6. The van der Waals surface area contributed by atoms with Crippen molar-refractivity contribution >= 4 is 34.9 Å². The maximum Gasteiger partial charge on any atom is 0.324 e. The van der Waals surface area contributed by atoms with Gasteiger partial charge in [0.25, 0.3) is 0 Å². The Morgan fingerprint density at radius 2 is 1.83 bits per heavy atom. The summed E-state index contributed by atoms with van der Waals surface area (Å²) in [6.45, 7) is 15.5. The number of carbonyl (C=O) groups is 3. The van der Waals surface area contributed by atoms with E-state index in [1.54, 1.807) is 19.9 Å². The van der Waals surface area contributed by atoms with Gasteiger partial charge in [-0.15, -0.1) is 0 Å². The average molecular weight is 649 g/mol. The van der Waals surface area contributed by atoms with Crippen LogP contribution in [0.5, 0.6) is 0 Å². The third-order valence-corrected chi connectivity index (χ3v) is 10.2. The smallest absolute Gasteiger partial charge is 0.324 e. The minimum absolute atomic E-state index is 0.152. The first-order chi connectivity index (χ1) is 22.9. The fourth-order valence-corrected chi connectivity index (χ4v) is 7.52. The second-order valence-corrected chi connectivity index (χ2v) is 12.7. The summed E-state index contributed by atoms with van der Waals surface area (Å²) in [5.41, 5.74) is 7.82. The largest absolute Gasteiger partial charge is 0.515 e. The Labute approximate surface area is 280 Å². The van der Waals surface area contributed by atoms with Crippen LogP contribution in [0.25, 0.3) is 0 Å². The van der Waals surface area contributed by atoms with E-state index >= 15 is 0 Å². The molecule has 0 aromatic rings. The van der Waals surface area contributed by atoms with E-state index in [4.69, 9.17) is 24.5 Å². The van der Waals surface area contributed by atoms with Gasteiger partial charge < -0.3 is 19.9 Å². The lowest BCUT2D eigenvalue weighted by molar-refractivity contribution is -0.152. The number of aliphatic imine (C=N–C) groups is 3. The number of hydrogen-bond acceptors (Lipinski definition) is 10. The fraction of sp³-hybridized carbons (Fsp3) is 0.368. The fourth-order valence-electron chi connectivity index (χ4n) is 7.52. The molecule has 5 aliphatic heterocycles. The van der Waals surface area contributed by atoms with Crippen molar-refractivity contribution in [3.8, 4) is 0 Å². The van der Waals surface area contributed by atoms with Crippen LogP contribution in [0.4, 0.5) is 0 Å². The lowest BCUT2D eigenvalue weighted by Gasteiger charge is -2.25. The van der Waals surface area contributed by atoms with Crippen molar-refractivity contribution in [1.82, 2.24) is 5.32 Å². The van der Waals surface area contributed by atoms with Crippen molar-refractivity contribution in [2.75, 3.05) is 13.7 Å². The van der Waals surface area contributed by atoms with E-state index in [0.717, 1.165) is 28.7 Å². The van der Waals surface area contributed by atoms with Crippen molar-refractivity contribution in [3.05, 3.63) is 105 Å². The van der Waals surface area contributed by atoms with Gasteiger partial charge in [0, 0.05) is 46.4 Å². The van der Waals surface area contributed by atoms with Crippen LogP contribution in [0.15, 0.2) is 120 Å². The molecule has 8 bridgehead atoms. The number of nitrogens with one attached hydrogen (secondary N) is 1. The molecule has 0 spiro atoms.